The van der Waals surface area contributed by atoms with Crippen LogP contribution in [0.25, 0.3) is 0 Å². The predicted octanol–water partition coefficient (Wildman–Crippen LogP) is 2.57. The van der Waals surface area contributed by atoms with Crippen molar-refractivity contribution in [1.82, 2.24) is 0 Å². The van der Waals surface area contributed by atoms with Gasteiger partial charge in [-0.1, -0.05) is 17.3 Å². The molecule has 2 saturated carbocycles. The van der Waals surface area contributed by atoms with E-state index in [4.69, 9.17) is 11.6 Å². The molecule has 0 aromatic heterocycles. The van der Waals surface area contributed by atoms with Crippen molar-refractivity contribution in [3.63, 3.8) is 0 Å². The fourth-order valence-electron chi connectivity index (χ4n) is 3.62. The molecule has 3 heteroatoms. The maximum atomic E-state index is 10.6. The highest BCUT2D eigenvalue weighted by Gasteiger charge is 2.58. The molecule has 2 nitrogen and oxygen atoms in total. The molecule has 0 aromatic carbocycles. The van der Waals surface area contributed by atoms with Crippen LogP contribution in [0.15, 0.2) is 17.3 Å². The van der Waals surface area contributed by atoms with Gasteiger partial charge in [0, 0.05) is 0 Å². The molecule has 13 heavy (non-hydrogen) atoms. The maximum Gasteiger partial charge on any atom is 0.112 e. The third-order valence-corrected chi connectivity index (χ3v) is 4.73. The number of nitroso groups, excluding NO2 is 1. The monoisotopic (exact) mass is 197 g/mol. The van der Waals surface area contributed by atoms with Gasteiger partial charge in [-0.15, -0.1) is 11.6 Å². The lowest BCUT2D eigenvalue weighted by atomic mass is 9.79. The summed E-state index contributed by atoms with van der Waals surface area (Å²) in [4.78, 5) is 10.6. The van der Waals surface area contributed by atoms with Crippen molar-refractivity contribution in [1.29, 1.82) is 0 Å². The molecule has 3 aliphatic carbocycles. The Labute approximate surface area is 82.3 Å². The highest BCUT2D eigenvalue weighted by atomic mass is 35.5. The van der Waals surface area contributed by atoms with E-state index in [2.05, 4.69) is 17.3 Å². The molecule has 2 fully saturated rings. The highest BCUT2D eigenvalue weighted by Crippen LogP contribution is 2.58. The molecule has 3 aliphatic rings. The molecular formula is C10H12ClNO. The molecule has 0 spiro atoms. The number of alkyl halides is 1. The first-order valence-electron chi connectivity index (χ1n) is 4.96. The van der Waals surface area contributed by atoms with Crippen LogP contribution in [0.2, 0.25) is 0 Å². The van der Waals surface area contributed by atoms with Crippen LogP contribution >= 0.6 is 11.6 Å². The number of rotatable bonds is 1. The normalized spacial score (nSPS) is 57.0. The quantitative estimate of drug-likeness (QED) is 0.361. The zero-order valence-corrected chi connectivity index (χ0v) is 8.02. The van der Waals surface area contributed by atoms with Gasteiger partial charge in [0.05, 0.1) is 5.38 Å². The van der Waals surface area contributed by atoms with Crippen molar-refractivity contribution in [3.8, 4) is 0 Å². The zero-order chi connectivity index (χ0) is 9.00. The van der Waals surface area contributed by atoms with E-state index < -0.39 is 0 Å². The topological polar surface area (TPSA) is 29.4 Å². The van der Waals surface area contributed by atoms with Crippen LogP contribution in [0, 0.1) is 28.6 Å². The van der Waals surface area contributed by atoms with Crippen molar-refractivity contribution in [2.24, 2.45) is 28.8 Å². The fraction of sp³-hybridized carbons (Fsp3) is 0.800. The van der Waals surface area contributed by atoms with Gasteiger partial charge >= 0.3 is 0 Å². The molecule has 6 atom stereocenters. The summed E-state index contributed by atoms with van der Waals surface area (Å²) in [5.41, 5.74) is 0. The van der Waals surface area contributed by atoms with E-state index in [1.165, 1.54) is 6.42 Å². The first-order valence-corrected chi connectivity index (χ1v) is 5.40. The summed E-state index contributed by atoms with van der Waals surface area (Å²) in [5.74, 6) is 2.34. The van der Waals surface area contributed by atoms with Gasteiger partial charge in [-0.3, -0.25) is 0 Å². The van der Waals surface area contributed by atoms with Crippen molar-refractivity contribution in [2.45, 2.75) is 24.3 Å². The summed E-state index contributed by atoms with van der Waals surface area (Å²) < 4.78 is 0. The molecule has 0 amide bonds. The molecular weight excluding hydrogens is 186 g/mol. The molecule has 70 valence electrons. The maximum absolute atomic E-state index is 10.6. The Balaban J connectivity index is 1.94. The van der Waals surface area contributed by atoms with E-state index in [9.17, 15) is 4.91 Å². The van der Waals surface area contributed by atoms with Crippen LogP contribution < -0.4 is 0 Å². The zero-order valence-electron chi connectivity index (χ0n) is 7.27. The molecule has 0 radical (unpaired) electrons. The van der Waals surface area contributed by atoms with E-state index in [0.717, 1.165) is 12.3 Å². The Morgan fingerprint density at radius 2 is 2.15 bits per heavy atom. The van der Waals surface area contributed by atoms with Gasteiger partial charge < -0.3 is 0 Å². The summed E-state index contributed by atoms with van der Waals surface area (Å²) in [6, 6.07) is -0.115. The average molecular weight is 198 g/mol. The summed E-state index contributed by atoms with van der Waals surface area (Å²) in [7, 11) is 0. The lowest BCUT2D eigenvalue weighted by molar-refractivity contribution is 0.263. The summed E-state index contributed by atoms with van der Waals surface area (Å²) >= 11 is 6.22. The second kappa shape index (κ2) is 2.57. The second-order valence-electron chi connectivity index (χ2n) is 4.51. The van der Waals surface area contributed by atoms with Gasteiger partial charge in [-0.05, 0) is 36.5 Å². The molecule has 0 N–H and O–H groups in total. The summed E-state index contributed by atoms with van der Waals surface area (Å²) in [6.45, 7) is 0. The van der Waals surface area contributed by atoms with Gasteiger partial charge in [-0.25, -0.2) is 0 Å². The molecule has 0 aliphatic heterocycles. The third-order valence-electron chi connectivity index (χ3n) is 4.15. The van der Waals surface area contributed by atoms with Crippen molar-refractivity contribution in [2.75, 3.05) is 0 Å². The molecule has 3 rings (SSSR count). The van der Waals surface area contributed by atoms with Crippen molar-refractivity contribution >= 4 is 11.6 Å². The number of allylic oxidation sites excluding steroid dienone is 2. The van der Waals surface area contributed by atoms with Gasteiger partial charge in [0.25, 0.3) is 0 Å². The van der Waals surface area contributed by atoms with Crippen LogP contribution in [-0.4, -0.2) is 11.4 Å². The van der Waals surface area contributed by atoms with E-state index >= 15 is 0 Å². The second-order valence-corrected chi connectivity index (χ2v) is 5.01. The SMILES string of the molecule is O=N[C@H]1[C@@H](Cl)[C@H]2C[C@@H]1C1C=CCC12. The summed E-state index contributed by atoms with van der Waals surface area (Å²) in [6.07, 6.45) is 6.81. The number of hydrogen-bond donors (Lipinski definition) is 0. The van der Waals surface area contributed by atoms with Gasteiger partial charge in [0.2, 0.25) is 0 Å². The lowest BCUT2D eigenvalue weighted by Gasteiger charge is -2.30. The predicted molar refractivity (Wildman–Crippen MR) is 51.6 cm³/mol. The van der Waals surface area contributed by atoms with E-state index in [0.29, 0.717) is 17.8 Å². The van der Waals surface area contributed by atoms with E-state index in [1.54, 1.807) is 0 Å². The minimum Gasteiger partial charge on any atom is -0.150 e. The molecule has 0 heterocycles. The minimum atomic E-state index is -0.115. The number of halogens is 1. The lowest BCUT2D eigenvalue weighted by Crippen LogP contribution is -2.35. The molecule has 0 saturated heterocycles. The van der Waals surface area contributed by atoms with Crippen LogP contribution in [-0.2, 0) is 0 Å². The Kier molecular flexibility index (Phi) is 1.58. The Morgan fingerprint density at radius 1 is 1.31 bits per heavy atom. The van der Waals surface area contributed by atoms with Crippen LogP contribution in [0.5, 0.6) is 0 Å². The van der Waals surface area contributed by atoms with Gasteiger partial charge in [-0.2, -0.15) is 4.91 Å². The molecule has 2 bridgehead atoms. The Morgan fingerprint density at radius 3 is 2.92 bits per heavy atom. The van der Waals surface area contributed by atoms with Crippen molar-refractivity contribution in [3.05, 3.63) is 17.1 Å². The number of fused-ring (bicyclic) bond motifs is 5. The van der Waals surface area contributed by atoms with Crippen LogP contribution in [0.1, 0.15) is 12.8 Å². The smallest absolute Gasteiger partial charge is 0.112 e. The van der Waals surface area contributed by atoms with Gasteiger partial charge in [0.1, 0.15) is 6.04 Å². The number of hydrogen-bond acceptors (Lipinski definition) is 2. The first-order chi connectivity index (χ1) is 6.33. The van der Waals surface area contributed by atoms with E-state index in [-0.39, 0.29) is 11.4 Å². The minimum absolute atomic E-state index is 0.0173. The van der Waals surface area contributed by atoms with Crippen molar-refractivity contribution < 1.29 is 0 Å². The Hall–Kier alpha value is -0.370. The third kappa shape index (κ3) is 0.850. The standard InChI is InChI=1S/C10H12ClNO/c11-9-7-4-8(10(9)12-13)6-3-1-2-5(6)7/h1,3,5-10H,2,4H2/t5?,6?,7-,8+,9-,10+/m0/s1. The highest BCUT2D eigenvalue weighted by molar-refractivity contribution is 6.21. The molecule has 0 aromatic rings. The first kappa shape index (κ1) is 7.98. The van der Waals surface area contributed by atoms with Crippen LogP contribution in [0.3, 0.4) is 0 Å². The number of nitrogens with zero attached hydrogens (tertiary/aromatic N) is 1. The average Bonchev–Trinajstić information content (AvgIpc) is 2.71. The molecule has 2 unspecified atom stereocenters. The van der Waals surface area contributed by atoms with E-state index in [1.807, 2.05) is 0 Å². The largest absolute Gasteiger partial charge is 0.150 e. The summed E-state index contributed by atoms with van der Waals surface area (Å²) in [5, 5.41) is 3.21. The fourth-order valence-corrected chi connectivity index (χ4v) is 4.14. The Bertz CT molecular complexity index is 276. The van der Waals surface area contributed by atoms with Crippen LogP contribution in [0.4, 0.5) is 0 Å². The van der Waals surface area contributed by atoms with Gasteiger partial charge in [0.15, 0.2) is 0 Å².